The zero-order valence-corrected chi connectivity index (χ0v) is 15.7. The van der Waals surface area contributed by atoms with Crippen LogP contribution in [0.4, 0.5) is 23.2 Å². The topological polar surface area (TPSA) is 47.4 Å². The van der Waals surface area contributed by atoms with Crippen LogP contribution in [0.15, 0.2) is 54.7 Å². The van der Waals surface area contributed by atoms with Gasteiger partial charge in [0.15, 0.2) is 0 Å². The fourth-order valence-corrected chi connectivity index (χ4v) is 3.49. The van der Waals surface area contributed by atoms with Crippen LogP contribution in [0.1, 0.15) is 17.7 Å². The lowest BCUT2D eigenvalue weighted by Gasteiger charge is -2.27. The molecule has 5 nitrogen and oxygen atoms in total. The summed E-state index contributed by atoms with van der Waals surface area (Å²) in [6.07, 6.45) is -1.65. The molecule has 1 aliphatic rings. The monoisotopic (exact) mass is 419 g/mol. The Balaban J connectivity index is 1.51. The molecule has 3 aromatic rings. The molecule has 0 radical (unpaired) electrons. The molecule has 0 aliphatic carbocycles. The van der Waals surface area contributed by atoms with Crippen molar-refractivity contribution in [1.29, 1.82) is 0 Å². The maximum atomic E-state index is 13.2. The first kappa shape index (κ1) is 19.9. The summed E-state index contributed by atoms with van der Waals surface area (Å²) in [4.78, 5) is 14.5. The molecule has 0 unspecified atom stereocenters. The molecule has 0 N–H and O–H groups in total. The molecule has 2 aromatic carbocycles. The number of nitrogens with zero attached hydrogens (tertiary/aromatic N) is 3. The summed E-state index contributed by atoms with van der Waals surface area (Å²) in [6, 6.07) is 11.2. The Kier molecular flexibility index (Phi) is 5.19. The van der Waals surface area contributed by atoms with Crippen molar-refractivity contribution in [2.24, 2.45) is 0 Å². The Bertz CT molecular complexity index is 1040. The average molecular weight is 419 g/mol. The number of halogens is 4. The molecule has 0 atom stereocenters. The summed E-state index contributed by atoms with van der Waals surface area (Å²) in [5.41, 5.74) is 2.82. The van der Waals surface area contributed by atoms with Gasteiger partial charge in [0.05, 0.1) is 29.7 Å². The van der Waals surface area contributed by atoms with Crippen molar-refractivity contribution in [3.05, 3.63) is 71.8 Å². The minimum absolute atomic E-state index is 0.0352. The number of anilines is 1. The van der Waals surface area contributed by atoms with Crippen molar-refractivity contribution in [3.63, 3.8) is 0 Å². The van der Waals surface area contributed by atoms with E-state index in [9.17, 15) is 22.4 Å². The molecule has 2 heterocycles. The number of benzene rings is 2. The highest BCUT2D eigenvalue weighted by molar-refractivity contribution is 5.95. The zero-order chi connectivity index (χ0) is 21.3. The highest BCUT2D eigenvalue weighted by Crippen LogP contribution is 2.30. The largest absolute Gasteiger partial charge is 0.573 e. The number of carbonyl (C=O) groups excluding carboxylic acids is 1. The second-order valence-electron chi connectivity index (χ2n) is 6.88. The summed E-state index contributed by atoms with van der Waals surface area (Å²) < 4.78 is 55.6. The van der Waals surface area contributed by atoms with Gasteiger partial charge in [-0.15, -0.1) is 13.2 Å². The molecule has 0 saturated carbocycles. The highest BCUT2D eigenvalue weighted by atomic mass is 19.4. The summed E-state index contributed by atoms with van der Waals surface area (Å²) in [5.74, 6) is -0.859. The quantitative estimate of drug-likeness (QED) is 0.588. The van der Waals surface area contributed by atoms with Gasteiger partial charge < -0.3 is 9.64 Å². The van der Waals surface area contributed by atoms with E-state index in [0.717, 1.165) is 18.5 Å². The number of hydrogen-bond donors (Lipinski definition) is 0. The number of hydrogen-bond acceptors (Lipinski definition) is 3. The third-order valence-electron chi connectivity index (χ3n) is 4.82. The van der Waals surface area contributed by atoms with Crippen molar-refractivity contribution in [2.45, 2.75) is 25.6 Å². The third-order valence-corrected chi connectivity index (χ3v) is 4.82. The van der Waals surface area contributed by atoms with Crippen LogP contribution in [0, 0.1) is 5.82 Å². The third kappa shape index (κ3) is 4.29. The van der Waals surface area contributed by atoms with Crippen LogP contribution in [0.5, 0.6) is 5.75 Å². The molecule has 9 heteroatoms. The van der Waals surface area contributed by atoms with Crippen molar-refractivity contribution in [3.8, 4) is 11.4 Å². The Labute approximate surface area is 169 Å². The van der Waals surface area contributed by atoms with Gasteiger partial charge in [-0.05, 0) is 54.8 Å². The van der Waals surface area contributed by atoms with E-state index in [4.69, 9.17) is 0 Å². The Morgan fingerprint density at radius 1 is 1.07 bits per heavy atom. The lowest BCUT2D eigenvalue weighted by atomic mass is 10.1. The smallest absolute Gasteiger partial charge is 0.406 e. The van der Waals surface area contributed by atoms with E-state index in [2.05, 4.69) is 9.84 Å². The van der Waals surface area contributed by atoms with Crippen molar-refractivity contribution in [2.75, 3.05) is 11.4 Å². The van der Waals surface area contributed by atoms with Crippen molar-refractivity contribution in [1.82, 2.24) is 9.78 Å². The minimum atomic E-state index is -4.76. The second kappa shape index (κ2) is 7.81. The Morgan fingerprint density at radius 2 is 1.77 bits per heavy atom. The van der Waals surface area contributed by atoms with Crippen LogP contribution in [0.3, 0.4) is 0 Å². The molecule has 0 saturated heterocycles. The highest BCUT2D eigenvalue weighted by Gasteiger charge is 2.31. The number of rotatable bonds is 4. The van der Waals surface area contributed by atoms with E-state index >= 15 is 0 Å². The predicted molar refractivity (Wildman–Crippen MR) is 101 cm³/mol. The molecule has 0 bridgehead atoms. The average Bonchev–Trinajstić information content (AvgIpc) is 3.13. The first-order valence-corrected chi connectivity index (χ1v) is 9.28. The van der Waals surface area contributed by atoms with Crippen LogP contribution < -0.4 is 9.64 Å². The number of alkyl halides is 3. The molecule has 1 amide bonds. The lowest BCUT2D eigenvalue weighted by Crippen LogP contribution is -2.36. The first-order chi connectivity index (χ1) is 14.3. The van der Waals surface area contributed by atoms with Crippen LogP contribution in [0.25, 0.3) is 5.69 Å². The maximum Gasteiger partial charge on any atom is 0.573 e. The van der Waals surface area contributed by atoms with Gasteiger partial charge in [0.2, 0.25) is 5.91 Å². The van der Waals surface area contributed by atoms with Gasteiger partial charge in [-0.3, -0.25) is 4.79 Å². The van der Waals surface area contributed by atoms with Gasteiger partial charge in [-0.1, -0.05) is 12.1 Å². The summed E-state index contributed by atoms with van der Waals surface area (Å²) in [7, 11) is 0. The fraction of sp³-hybridized carbons (Fsp3) is 0.238. The van der Waals surface area contributed by atoms with Crippen LogP contribution in [-0.4, -0.2) is 28.6 Å². The van der Waals surface area contributed by atoms with Gasteiger partial charge >= 0.3 is 6.36 Å². The van der Waals surface area contributed by atoms with Crippen molar-refractivity contribution >= 4 is 11.6 Å². The summed E-state index contributed by atoms with van der Waals surface area (Å²) >= 11 is 0. The minimum Gasteiger partial charge on any atom is -0.406 e. The van der Waals surface area contributed by atoms with Crippen LogP contribution >= 0.6 is 0 Å². The summed E-state index contributed by atoms with van der Waals surface area (Å²) in [5, 5.41) is 4.36. The van der Waals surface area contributed by atoms with E-state index in [1.165, 1.54) is 36.4 Å². The van der Waals surface area contributed by atoms with E-state index < -0.39 is 6.36 Å². The first-order valence-electron chi connectivity index (χ1n) is 9.28. The molecular formula is C21H17F4N3O2. The van der Waals surface area contributed by atoms with Crippen molar-refractivity contribution < 1.29 is 27.1 Å². The molecule has 0 spiro atoms. The standard InChI is InChI=1S/C21H17F4N3O2/c22-15-5-7-16(8-6-15)28-18-2-1-11-27(19(18)13-26-28)20(29)12-14-3-9-17(10-4-14)30-21(23,24)25/h3-10,13H,1-2,11-12H2. The summed E-state index contributed by atoms with van der Waals surface area (Å²) in [6.45, 7) is 0.524. The van der Waals surface area contributed by atoms with Gasteiger partial charge in [0, 0.05) is 6.54 Å². The molecule has 4 rings (SSSR count). The van der Waals surface area contributed by atoms with Crippen LogP contribution in [-0.2, 0) is 17.6 Å². The van der Waals surface area contributed by atoms with E-state index in [1.807, 2.05) is 0 Å². The van der Waals surface area contributed by atoms with Gasteiger partial charge in [0.1, 0.15) is 11.6 Å². The van der Waals surface area contributed by atoms with Gasteiger partial charge in [-0.25, -0.2) is 9.07 Å². The number of amides is 1. The molecule has 30 heavy (non-hydrogen) atoms. The number of aromatic nitrogens is 2. The SMILES string of the molecule is O=C(Cc1ccc(OC(F)(F)F)cc1)N1CCCc2c1cnn2-c1ccc(F)cc1. The Hall–Kier alpha value is -3.36. The fourth-order valence-electron chi connectivity index (χ4n) is 3.49. The molecule has 156 valence electrons. The molecule has 0 fully saturated rings. The number of carbonyl (C=O) groups is 1. The normalized spacial score (nSPS) is 13.8. The van der Waals surface area contributed by atoms with E-state index in [1.54, 1.807) is 27.9 Å². The molecule has 1 aliphatic heterocycles. The number of ether oxygens (including phenoxy) is 1. The van der Waals surface area contributed by atoms with Gasteiger partial charge in [0.25, 0.3) is 0 Å². The maximum absolute atomic E-state index is 13.2. The lowest BCUT2D eigenvalue weighted by molar-refractivity contribution is -0.274. The predicted octanol–water partition coefficient (Wildman–Crippen LogP) is 4.43. The van der Waals surface area contributed by atoms with E-state index in [-0.39, 0.29) is 23.9 Å². The number of fused-ring (bicyclic) bond motifs is 1. The Morgan fingerprint density at radius 3 is 2.43 bits per heavy atom. The van der Waals surface area contributed by atoms with E-state index in [0.29, 0.717) is 23.5 Å². The van der Waals surface area contributed by atoms with Gasteiger partial charge in [-0.2, -0.15) is 5.10 Å². The zero-order valence-electron chi connectivity index (χ0n) is 15.7. The second-order valence-corrected chi connectivity index (χ2v) is 6.88. The molecular weight excluding hydrogens is 402 g/mol. The van der Waals surface area contributed by atoms with Crippen LogP contribution in [0.2, 0.25) is 0 Å². The molecule has 1 aromatic heterocycles.